The molecule has 0 bridgehead atoms. The lowest BCUT2D eigenvalue weighted by Gasteiger charge is -2.31. The number of ether oxygens (including phenoxy) is 1. The predicted molar refractivity (Wildman–Crippen MR) is 84.7 cm³/mol. The smallest absolute Gasteiger partial charge is 0.216 e. The SMILES string of the molecule is CC(=O)NCCCOc1cccc(C(C)[N+]2(O)CCCC2)c1. The van der Waals surface area contributed by atoms with Crippen LogP contribution in [-0.4, -0.2) is 42.0 Å². The molecule has 1 heterocycles. The van der Waals surface area contributed by atoms with Crippen LogP contribution in [0.3, 0.4) is 0 Å². The van der Waals surface area contributed by atoms with Crippen molar-refractivity contribution in [2.75, 3.05) is 26.2 Å². The Kier molecular flexibility index (Phi) is 5.80. The van der Waals surface area contributed by atoms with Crippen molar-refractivity contribution in [3.05, 3.63) is 29.8 Å². The Balaban J connectivity index is 1.88. The Morgan fingerprint density at radius 1 is 1.41 bits per heavy atom. The molecule has 5 nitrogen and oxygen atoms in total. The van der Waals surface area contributed by atoms with Crippen LogP contribution in [0.15, 0.2) is 24.3 Å². The summed E-state index contributed by atoms with van der Waals surface area (Å²) >= 11 is 0. The van der Waals surface area contributed by atoms with Crippen molar-refractivity contribution in [1.82, 2.24) is 5.32 Å². The fraction of sp³-hybridized carbons (Fsp3) is 0.588. The van der Waals surface area contributed by atoms with Crippen molar-refractivity contribution in [1.29, 1.82) is 0 Å². The number of carbonyl (C=O) groups is 1. The van der Waals surface area contributed by atoms with E-state index in [1.165, 1.54) is 6.92 Å². The predicted octanol–water partition coefficient (Wildman–Crippen LogP) is 2.65. The third kappa shape index (κ3) is 4.45. The standard InChI is InChI=1S/C17H26N2O3/c1-14(19(21)10-3-4-11-19)16-7-5-8-17(13-16)22-12-6-9-18-15(2)20/h5,7-8,13-14,21H,3-4,6,9-12H2,1-2H3/p+1. The molecule has 1 fully saturated rings. The number of quaternary nitrogens is 1. The minimum Gasteiger partial charge on any atom is -0.494 e. The summed E-state index contributed by atoms with van der Waals surface area (Å²) in [5.74, 6) is 0.802. The normalized spacial score (nSPS) is 18.0. The molecule has 0 spiro atoms. The maximum atomic E-state index is 10.8. The highest BCUT2D eigenvalue weighted by atomic mass is 16.5. The van der Waals surface area contributed by atoms with Crippen LogP contribution < -0.4 is 10.1 Å². The zero-order valence-electron chi connectivity index (χ0n) is 13.5. The van der Waals surface area contributed by atoms with Gasteiger partial charge in [-0.15, -0.1) is 0 Å². The maximum absolute atomic E-state index is 10.8. The Bertz CT molecular complexity index is 498. The number of hydroxylamine groups is 3. The first-order valence-electron chi connectivity index (χ1n) is 8.08. The van der Waals surface area contributed by atoms with E-state index in [4.69, 9.17) is 4.74 Å². The molecule has 0 aromatic heterocycles. The summed E-state index contributed by atoms with van der Waals surface area (Å²) < 4.78 is 5.87. The van der Waals surface area contributed by atoms with Crippen molar-refractivity contribution >= 4 is 5.91 Å². The van der Waals surface area contributed by atoms with E-state index in [0.29, 0.717) is 13.2 Å². The number of amides is 1. The molecule has 1 unspecified atom stereocenters. The van der Waals surface area contributed by atoms with Crippen molar-refractivity contribution in [3.8, 4) is 5.75 Å². The zero-order chi connectivity index (χ0) is 16.0. The van der Waals surface area contributed by atoms with Gasteiger partial charge in [0.25, 0.3) is 0 Å². The van der Waals surface area contributed by atoms with Crippen LogP contribution in [0.1, 0.15) is 44.7 Å². The highest BCUT2D eigenvalue weighted by molar-refractivity contribution is 5.72. The number of hydrogen-bond donors (Lipinski definition) is 2. The second-order valence-electron chi connectivity index (χ2n) is 6.07. The second-order valence-corrected chi connectivity index (χ2v) is 6.07. The molecule has 0 aliphatic carbocycles. The molecule has 1 atom stereocenters. The van der Waals surface area contributed by atoms with E-state index in [2.05, 4.69) is 12.2 Å². The Morgan fingerprint density at radius 3 is 2.82 bits per heavy atom. The summed E-state index contributed by atoms with van der Waals surface area (Å²) in [6.07, 6.45) is 2.94. The van der Waals surface area contributed by atoms with E-state index in [-0.39, 0.29) is 16.6 Å². The Labute approximate surface area is 132 Å². The summed E-state index contributed by atoms with van der Waals surface area (Å²) in [5, 5.41) is 13.4. The lowest BCUT2D eigenvalue weighted by molar-refractivity contribution is -1.12. The van der Waals surface area contributed by atoms with Gasteiger partial charge in [-0.05, 0) is 25.5 Å². The number of nitrogens with zero attached hydrogens (tertiary/aromatic N) is 1. The van der Waals surface area contributed by atoms with Crippen molar-refractivity contribution in [3.63, 3.8) is 0 Å². The third-order valence-corrected chi connectivity index (χ3v) is 4.37. The molecule has 2 N–H and O–H groups in total. The molecule has 1 amide bonds. The number of nitrogens with one attached hydrogen (secondary N) is 1. The van der Waals surface area contributed by atoms with Gasteiger partial charge in [-0.1, -0.05) is 12.1 Å². The molecule has 2 rings (SSSR count). The second kappa shape index (κ2) is 7.61. The van der Waals surface area contributed by atoms with Gasteiger partial charge in [0.15, 0.2) is 0 Å². The molecule has 1 aromatic carbocycles. The van der Waals surface area contributed by atoms with E-state index in [9.17, 15) is 10.0 Å². The van der Waals surface area contributed by atoms with Gasteiger partial charge in [0.2, 0.25) is 5.91 Å². The molecule has 1 aromatic rings. The van der Waals surface area contributed by atoms with Crippen molar-refractivity contribution < 1.29 is 19.4 Å². The first-order chi connectivity index (χ1) is 10.5. The van der Waals surface area contributed by atoms with Crippen LogP contribution in [0, 0.1) is 0 Å². The molecular weight excluding hydrogens is 280 g/mol. The first kappa shape index (κ1) is 16.8. The summed E-state index contributed by atoms with van der Waals surface area (Å²) in [6.45, 7) is 6.42. The quantitative estimate of drug-likeness (QED) is 0.601. The number of rotatable bonds is 7. The maximum Gasteiger partial charge on any atom is 0.216 e. The van der Waals surface area contributed by atoms with E-state index in [0.717, 1.165) is 43.7 Å². The minimum absolute atomic E-state index is 0.0154. The molecule has 0 saturated carbocycles. The summed E-state index contributed by atoms with van der Waals surface area (Å²) in [5.41, 5.74) is 1.10. The molecule has 1 saturated heterocycles. The minimum atomic E-state index is -0.0154. The summed E-state index contributed by atoms with van der Waals surface area (Å²) in [6, 6.07) is 8.02. The molecule has 5 heteroatoms. The lowest BCUT2D eigenvalue weighted by atomic mass is 10.1. The summed E-state index contributed by atoms with van der Waals surface area (Å²) in [4.78, 5) is 10.8. The number of carbonyl (C=O) groups excluding carboxylic acids is 1. The molecule has 122 valence electrons. The zero-order valence-corrected chi connectivity index (χ0v) is 13.5. The third-order valence-electron chi connectivity index (χ3n) is 4.37. The molecule has 0 radical (unpaired) electrons. The largest absolute Gasteiger partial charge is 0.494 e. The van der Waals surface area contributed by atoms with Gasteiger partial charge in [-0.2, -0.15) is 4.65 Å². The number of benzene rings is 1. The van der Waals surface area contributed by atoms with E-state index < -0.39 is 0 Å². The Morgan fingerprint density at radius 2 is 2.14 bits per heavy atom. The molecular formula is C17H27N2O3+. The van der Waals surface area contributed by atoms with Crippen LogP contribution in [0.25, 0.3) is 0 Å². The highest BCUT2D eigenvalue weighted by Gasteiger charge is 2.37. The first-order valence-corrected chi connectivity index (χ1v) is 8.08. The fourth-order valence-corrected chi connectivity index (χ4v) is 2.94. The summed E-state index contributed by atoms with van der Waals surface area (Å²) in [7, 11) is 0. The van der Waals surface area contributed by atoms with Gasteiger partial charge < -0.3 is 10.1 Å². The van der Waals surface area contributed by atoms with Gasteiger partial charge in [0, 0.05) is 31.9 Å². The van der Waals surface area contributed by atoms with Crippen LogP contribution in [0.4, 0.5) is 0 Å². The van der Waals surface area contributed by atoms with E-state index in [1.54, 1.807) is 0 Å². The van der Waals surface area contributed by atoms with Gasteiger partial charge in [-0.3, -0.25) is 4.79 Å². The monoisotopic (exact) mass is 307 g/mol. The van der Waals surface area contributed by atoms with Gasteiger partial charge in [0.1, 0.15) is 24.9 Å². The number of likely N-dealkylation sites (tertiary alicyclic amines) is 1. The lowest BCUT2D eigenvalue weighted by Crippen LogP contribution is -2.43. The van der Waals surface area contributed by atoms with E-state index in [1.807, 2.05) is 24.3 Å². The topological polar surface area (TPSA) is 58.6 Å². The fourth-order valence-electron chi connectivity index (χ4n) is 2.94. The van der Waals surface area contributed by atoms with Crippen LogP contribution >= 0.6 is 0 Å². The van der Waals surface area contributed by atoms with Crippen molar-refractivity contribution in [2.45, 2.75) is 39.2 Å². The van der Waals surface area contributed by atoms with Gasteiger partial charge in [0.05, 0.1) is 6.61 Å². The van der Waals surface area contributed by atoms with Crippen LogP contribution in [-0.2, 0) is 4.79 Å². The van der Waals surface area contributed by atoms with Gasteiger partial charge in [-0.25, -0.2) is 5.21 Å². The number of hydrogen-bond acceptors (Lipinski definition) is 3. The molecule has 1 aliphatic heterocycles. The Hall–Kier alpha value is -1.59. The van der Waals surface area contributed by atoms with Crippen LogP contribution in [0.2, 0.25) is 0 Å². The molecule has 22 heavy (non-hydrogen) atoms. The average molecular weight is 307 g/mol. The average Bonchev–Trinajstić information content (AvgIpc) is 2.94. The highest BCUT2D eigenvalue weighted by Crippen LogP contribution is 2.32. The van der Waals surface area contributed by atoms with Gasteiger partial charge >= 0.3 is 0 Å². The van der Waals surface area contributed by atoms with E-state index >= 15 is 0 Å². The van der Waals surface area contributed by atoms with Crippen molar-refractivity contribution in [2.24, 2.45) is 0 Å². The van der Waals surface area contributed by atoms with Crippen LogP contribution in [0.5, 0.6) is 5.75 Å². The molecule has 1 aliphatic rings.